The topological polar surface area (TPSA) is 75.0 Å². The Morgan fingerprint density at radius 2 is 2.06 bits per heavy atom. The number of nitrogen functional groups attached to an aromatic ring is 1. The Morgan fingerprint density at radius 3 is 2.44 bits per heavy atom. The van der Waals surface area contributed by atoms with E-state index in [1.54, 1.807) is 0 Å². The first-order chi connectivity index (χ1) is 8.51. The van der Waals surface area contributed by atoms with Crippen molar-refractivity contribution in [1.29, 1.82) is 0 Å². The van der Waals surface area contributed by atoms with Crippen molar-refractivity contribution in [2.75, 3.05) is 12.3 Å². The zero-order valence-corrected chi connectivity index (χ0v) is 11.7. The van der Waals surface area contributed by atoms with Crippen LogP contribution in [0.25, 0.3) is 0 Å². The Balaban J connectivity index is 2.95. The largest absolute Gasteiger partial charge is 0.383 e. The fraction of sp³-hybridized carbons (Fsp3) is 0.692. The molecule has 102 valence electrons. The van der Waals surface area contributed by atoms with Crippen molar-refractivity contribution in [3.63, 3.8) is 0 Å². The van der Waals surface area contributed by atoms with Gasteiger partial charge >= 0.3 is 0 Å². The second-order valence-corrected chi connectivity index (χ2v) is 5.02. The number of amides is 1. The highest BCUT2D eigenvalue weighted by Gasteiger charge is 2.25. The number of rotatable bonds is 6. The molecule has 0 aliphatic heterocycles. The van der Waals surface area contributed by atoms with E-state index in [4.69, 9.17) is 5.73 Å². The van der Waals surface area contributed by atoms with Crippen LogP contribution in [0, 0.1) is 5.92 Å². The highest BCUT2D eigenvalue weighted by molar-refractivity contribution is 5.98. The molecule has 1 aromatic heterocycles. The van der Waals surface area contributed by atoms with Crippen LogP contribution >= 0.6 is 0 Å². The maximum atomic E-state index is 12.5. The molecule has 5 heteroatoms. The van der Waals surface area contributed by atoms with Crippen molar-refractivity contribution in [3.8, 4) is 0 Å². The maximum Gasteiger partial charge on any atom is 0.259 e. The summed E-state index contributed by atoms with van der Waals surface area (Å²) in [6.45, 7) is 9.18. The summed E-state index contributed by atoms with van der Waals surface area (Å²) in [4.78, 5) is 14.4. The van der Waals surface area contributed by atoms with Gasteiger partial charge in [-0.3, -0.25) is 9.89 Å². The fourth-order valence-electron chi connectivity index (χ4n) is 2.14. The van der Waals surface area contributed by atoms with E-state index in [0.29, 0.717) is 17.3 Å². The summed E-state index contributed by atoms with van der Waals surface area (Å²) in [6.07, 6.45) is 3.41. The molecule has 1 aromatic rings. The summed E-state index contributed by atoms with van der Waals surface area (Å²) in [6, 6.07) is 0.259. The quantitative estimate of drug-likeness (QED) is 0.815. The van der Waals surface area contributed by atoms with E-state index in [-0.39, 0.29) is 11.9 Å². The van der Waals surface area contributed by atoms with Crippen molar-refractivity contribution < 1.29 is 4.79 Å². The van der Waals surface area contributed by atoms with E-state index in [9.17, 15) is 4.79 Å². The molecule has 0 saturated heterocycles. The Morgan fingerprint density at radius 1 is 1.44 bits per heavy atom. The summed E-state index contributed by atoms with van der Waals surface area (Å²) in [5.41, 5.74) is 6.20. The molecule has 18 heavy (non-hydrogen) atoms. The molecule has 1 heterocycles. The van der Waals surface area contributed by atoms with Gasteiger partial charge in [0.2, 0.25) is 0 Å². The summed E-state index contributed by atoms with van der Waals surface area (Å²) in [5, 5.41) is 6.43. The first-order valence-electron chi connectivity index (χ1n) is 6.60. The van der Waals surface area contributed by atoms with E-state index < -0.39 is 0 Å². The number of carbonyl (C=O) groups is 1. The number of nitrogens with zero attached hydrogens (tertiary/aromatic N) is 2. The highest BCUT2D eigenvalue weighted by atomic mass is 16.2. The lowest BCUT2D eigenvalue weighted by Gasteiger charge is -2.32. The number of hydrogen-bond donors (Lipinski definition) is 2. The minimum atomic E-state index is -0.0244. The monoisotopic (exact) mass is 252 g/mol. The van der Waals surface area contributed by atoms with Crippen LogP contribution in [0.15, 0.2) is 6.20 Å². The minimum Gasteiger partial charge on any atom is -0.383 e. The molecule has 0 aliphatic rings. The molecule has 0 radical (unpaired) electrons. The number of nitrogens with one attached hydrogen (secondary N) is 1. The van der Waals surface area contributed by atoms with Gasteiger partial charge in [-0.25, -0.2) is 0 Å². The van der Waals surface area contributed by atoms with Crippen molar-refractivity contribution in [2.45, 2.75) is 46.6 Å². The van der Waals surface area contributed by atoms with Gasteiger partial charge in [0.1, 0.15) is 11.4 Å². The summed E-state index contributed by atoms with van der Waals surface area (Å²) in [7, 11) is 0. The molecule has 0 atom stereocenters. The standard InChI is InChI=1S/C13H24N4O/c1-5-10(6-2)17(8-9(3)4)13(18)11-7-15-16-12(11)14/h7,9-10H,5-6,8H2,1-4H3,(H3,14,15,16). The Hall–Kier alpha value is -1.52. The van der Waals surface area contributed by atoms with Crippen LogP contribution in [0.1, 0.15) is 50.9 Å². The first-order valence-corrected chi connectivity index (χ1v) is 6.60. The van der Waals surface area contributed by atoms with E-state index in [2.05, 4.69) is 37.9 Å². The van der Waals surface area contributed by atoms with Crippen molar-refractivity contribution in [2.24, 2.45) is 5.92 Å². The molecule has 3 N–H and O–H groups in total. The number of aromatic amines is 1. The van der Waals surface area contributed by atoms with E-state index in [0.717, 1.165) is 19.4 Å². The average molecular weight is 252 g/mol. The van der Waals surface area contributed by atoms with Crippen LogP contribution in [0.2, 0.25) is 0 Å². The van der Waals surface area contributed by atoms with Gasteiger partial charge in [-0.05, 0) is 18.8 Å². The molecule has 0 saturated carbocycles. The summed E-state index contributed by atoms with van der Waals surface area (Å²) < 4.78 is 0. The summed E-state index contributed by atoms with van der Waals surface area (Å²) >= 11 is 0. The number of aromatic nitrogens is 2. The van der Waals surface area contributed by atoms with Crippen molar-refractivity contribution in [1.82, 2.24) is 15.1 Å². The number of H-pyrrole nitrogens is 1. The lowest BCUT2D eigenvalue weighted by Crippen LogP contribution is -2.42. The molecular weight excluding hydrogens is 228 g/mol. The van der Waals surface area contributed by atoms with Crippen LogP contribution in [-0.2, 0) is 0 Å². The average Bonchev–Trinajstić information content (AvgIpc) is 2.74. The van der Waals surface area contributed by atoms with Gasteiger partial charge < -0.3 is 10.6 Å². The van der Waals surface area contributed by atoms with Crippen LogP contribution < -0.4 is 5.73 Å². The van der Waals surface area contributed by atoms with Crippen molar-refractivity contribution >= 4 is 11.7 Å². The zero-order valence-electron chi connectivity index (χ0n) is 11.7. The molecular formula is C13H24N4O. The smallest absolute Gasteiger partial charge is 0.259 e. The van der Waals surface area contributed by atoms with Crippen LogP contribution in [0.4, 0.5) is 5.82 Å². The third-order valence-electron chi connectivity index (χ3n) is 3.11. The van der Waals surface area contributed by atoms with E-state index >= 15 is 0 Å². The predicted molar refractivity (Wildman–Crippen MR) is 73.2 cm³/mol. The summed E-state index contributed by atoms with van der Waals surface area (Å²) in [5.74, 6) is 0.756. The van der Waals surface area contributed by atoms with Crippen LogP contribution in [0.5, 0.6) is 0 Å². The molecule has 0 fully saturated rings. The zero-order chi connectivity index (χ0) is 13.7. The number of anilines is 1. The van der Waals surface area contributed by atoms with Gasteiger partial charge in [-0.15, -0.1) is 0 Å². The van der Waals surface area contributed by atoms with Gasteiger partial charge in [0.25, 0.3) is 5.91 Å². The second-order valence-electron chi connectivity index (χ2n) is 5.02. The van der Waals surface area contributed by atoms with Crippen LogP contribution in [0.3, 0.4) is 0 Å². The molecule has 0 spiro atoms. The third kappa shape index (κ3) is 3.24. The second kappa shape index (κ2) is 6.42. The Bertz CT molecular complexity index is 382. The van der Waals surface area contributed by atoms with Gasteiger partial charge in [0.05, 0.1) is 6.20 Å². The normalized spacial score (nSPS) is 11.2. The van der Waals surface area contributed by atoms with Gasteiger partial charge in [0, 0.05) is 12.6 Å². The maximum absolute atomic E-state index is 12.5. The number of hydrogen-bond acceptors (Lipinski definition) is 3. The molecule has 0 bridgehead atoms. The van der Waals surface area contributed by atoms with E-state index in [1.807, 2.05) is 4.90 Å². The Kier molecular flexibility index (Phi) is 5.19. The first kappa shape index (κ1) is 14.5. The minimum absolute atomic E-state index is 0.0244. The van der Waals surface area contributed by atoms with E-state index in [1.165, 1.54) is 6.20 Å². The lowest BCUT2D eigenvalue weighted by molar-refractivity contribution is 0.0641. The molecule has 5 nitrogen and oxygen atoms in total. The Labute approximate surface area is 109 Å². The van der Waals surface area contributed by atoms with Gasteiger partial charge in [-0.2, -0.15) is 5.10 Å². The molecule has 0 aliphatic carbocycles. The number of nitrogens with two attached hydrogens (primary N) is 1. The SMILES string of the molecule is CCC(CC)N(CC(C)C)C(=O)c1cn[nH]c1N. The highest BCUT2D eigenvalue weighted by Crippen LogP contribution is 2.17. The predicted octanol–water partition coefficient (Wildman–Crippen LogP) is 2.28. The van der Waals surface area contributed by atoms with Crippen LogP contribution in [-0.4, -0.2) is 33.6 Å². The molecule has 1 amide bonds. The van der Waals surface area contributed by atoms with Crippen molar-refractivity contribution in [3.05, 3.63) is 11.8 Å². The van der Waals surface area contributed by atoms with Gasteiger partial charge in [-0.1, -0.05) is 27.7 Å². The van der Waals surface area contributed by atoms with Gasteiger partial charge in [0.15, 0.2) is 0 Å². The molecule has 0 aromatic carbocycles. The number of carbonyl (C=O) groups excluding carboxylic acids is 1. The third-order valence-corrected chi connectivity index (χ3v) is 3.11. The fourth-order valence-corrected chi connectivity index (χ4v) is 2.14. The molecule has 1 rings (SSSR count). The molecule has 0 unspecified atom stereocenters. The lowest BCUT2D eigenvalue weighted by atomic mass is 10.1.